The fourth-order valence-corrected chi connectivity index (χ4v) is 3.31. The van der Waals surface area contributed by atoms with E-state index in [1.54, 1.807) is 11.8 Å². The van der Waals surface area contributed by atoms with E-state index < -0.39 is 0 Å². The highest BCUT2D eigenvalue weighted by molar-refractivity contribution is 7.99. The summed E-state index contributed by atoms with van der Waals surface area (Å²) in [7, 11) is 2.01. The van der Waals surface area contributed by atoms with Gasteiger partial charge in [0.05, 0.1) is 6.04 Å². The van der Waals surface area contributed by atoms with E-state index in [1.165, 1.54) is 18.4 Å². The summed E-state index contributed by atoms with van der Waals surface area (Å²) in [6.07, 6.45) is 3.52. The molecule has 0 radical (unpaired) electrons. The molecule has 3 rings (SSSR count). The van der Waals surface area contributed by atoms with E-state index in [0.717, 1.165) is 29.1 Å². The Labute approximate surface area is 123 Å². The third-order valence-corrected chi connectivity index (χ3v) is 4.90. The molecule has 0 aliphatic heterocycles. The highest BCUT2D eigenvalue weighted by atomic mass is 32.2. The second-order valence-corrected chi connectivity index (χ2v) is 6.44. The molecule has 106 valence electrons. The van der Waals surface area contributed by atoms with Crippen LogP contribution < -0.4 is 5.73 Å². The Morgan fingerprint density at radius 3 is 2.75 bits per heavy atom. The van der Waals surface area contributed by atoms with Crippen molar-refractivity contribution >= 4 is 11.8 Å². The van der Waals surface area contributed by atoms with Crippen LogP contribution in [0.3, 0.4) is 0 Å². The van der Waals surface area contributed by atoms with Crippen LogP contribution in [-0.2, 0) is 13.5 Å². The Morgan fingerprint density at radius 1 is 1.30 bits per heavy atom. The summed E-state index contributed by atoms with van der Waals surface area (Å²) in [6, 6.07) is 10.2. The lowest BCUT2D eigenvalue weighted by molar-refractivity contribution is 0.616. The van der Waals surface area contributed by atoms with Gasteiger partial charge < -0.3 is 10.3 Å². The third-order valence-electron chi connectivity index (χ3n) is 3.64. The summed E-state index contributed by atoms with van der Waals surface area (Å²) in [6.45, 7) is 0. The predicted molar refractivity (Wildman–Crippen MR) is 81.5 cm³/mol. The van der Waals surface area contributed by atoms with Crippen LogP contribution in [0.25, 0.3) is 0 Å². The first-order valence-corrected chi connectivity index (χ1v) is 8.04. The number of hydrogen-bond donors (Lipinski definition) is 1. The smallest absolute Gasteiger partial charge is 0.191 e. The van der Waals surface area contributed by atoms with Crippen molar-refractivity contribution in [2.45, 2.75) is 30.5 Å². The molecule has 5 heteroatoms. The zero-order valence-corrected chi connectivity index (χ0v) is 12.5. The molecule has 0 bridgehead atoms. The third kappa shape index (κ3) is 3.22. The molecular weight excluding hydrogens is 268 g/mol. The van der Waals surface area contributed by atoms with E-state index in [-0.39, 0.29) is 6.04 Å². The number of rotatable bonds is 6. The summed E-state index contributed by atoms with van der Waals surface area (Å²) in [5.74, 6) is 2.91. The van der Waals surface area contributed by atoms with Gasteiger partial charge in [-0.1, -0.05) is 42.1 Å². The molecule has 1 saturated carbocycles. The maximum absolute atomic E-state index is 6.28. The molecule has 20 heavy (non-hydrogen) atoms. The highest BCUT2D eigenvalue weighted by Crippen LogP contribution is 2.34. The Morgan fingerprint density at radius 2 is 2.05 bits per heavy atom. The minimum Gasteiger partial charge on any atom is -0.321 e. The highest BCUT2D eigenvalue weighted by Gasteiger charge is 2.23. The quantitative estimate of drug-likeness (QED) is 0.830. The molecule has 1 aliphatic carbocycles. The zero-order chi connectivity index (χ0) is 13.9. The molecular formula is C15H20N4S. The summed E-state index contributed by atoms with van der Waals surface area (Å²) < 4.78 is 2.04. The average molecular weight is 288 g/mol. The van der Waals surface area contributed by atoms with Crippen LogP contribution in [0.5, 0.6) is 0 Å². The van der Waals surface area contributed by atoms with Gasteiger partial charge in [-0.25, -0.2) is 0 Å². The molecule has 0 amide bonds. The molecule has 1 aromatic heterocycles. The Kier molecular flexibility index (Phi) is 4.08. The van der Waals surface area contributed by atoms with Crippen LogP contribution in [0, 0.1) is 5.92 Å². The normalized spacial score (nSPS) is 16.3. The van der Waals surface area contributed by atoms with Gasteiger partial charge in [-0.3, -0.25) is 0 Å². The molecule has 1 fully saturated rings. The topological polar surface area (TPSA) is 56.7 Å². The second-order valence-electron chi connectivity index (χ2n) is 5.45. The van der Waals surface area contributed by atoms with Crippen LogP contribution in [0.15, 0.2) is 35.5 Å². The van der Waals surface area contributed by atoms with Crippen molar-refractivity contribution < 1.29 is 0 Å². The molecule has 1 aromatic carbocycles. The molecule has 4 nitrogen and oxygen atoms in total. The Hall–Kier alpha value is -1.33. The molecule has 1 heterocycles. The lowest BCUT2D eigenvalue weighted by Crippen LogP contribution is -2.18. The Bertz CT molecular complexity index is 563. The van der Waals surface area contributed by atoms with Gasteiger partial charge in [0.2, 0.25) is 0 Å². The molecule has 1 aliphatic rings. The van der Waals surface area contributed by atoms with Crippen molar-refractivity contribution in [2.75, 3.05) is 5.75 Å². The summed E-state index contributed by atoms with van der Waals surface area (Å²) in [5, 5.41) is 9.53. The molecule has 0 spiro atoms. The fraction of sp³-hybridized carbons (Fsp3) is 0.467. The van der Waals surface area contributed by atoms with Crippen LogP contribution in [0.1, 0.15) is 30.3 Å². The van der Waals surface area contributed by atoms with Crippen molar-refractivity contribution in [3.63, 3.8) is 0 Å². The summed E-state index contributed by atoms with van der Waals surface area (Å²) in [4.78, 5) is 0. The molecule has 0 unspecified atom stereocenters. The molecule has 0 saturated heterocycles. The van der Waals surface area contributed by atoms with Gasteiger partial charge >= 0.3 is 0 Å². The number of benzene rings is 1. The maximum atomic E-state index is 6.28. The van der Waals surface area contributed by atoms with Crippen LogP contribution in [0.2, 0.25) is 0 Å². The molecule has 1 atom stereocenters. The van der Waals surface area contributed by atoms with E-state index in [4.69, 9.17) is 5.73 Å². The van der Waals surface area contributed by atoms with E-state index >= 15 is 0 Å². The SMILES string of the molecule is Cn1c(SCC2CC2)nnc1[C@@H](N)Cc1ccccc1. The molecule has 2 aromatic rings. The minimum atomic E-state index is -0.106. The van der Waals surface area contributed by atoms with Crippen LogP contribution >= 0.6 is 11.8 Å². The zero-order valence-electron chi connectivity index (χ0n) is 11.7. The number of nitrogens with zero attached hydrogens (tertiary/aromatic N) is 3. The predicted octanol–water partition coefficient (Wildman–Crippen LogP) is 2.56. The van der Waals surface area contributed by atoms with Gasteiger partial charge in [-0.15, -0.1) is 10.2 Å². The van der Waals surface area contributed by atoms with E-state index in [9.17, 15) is 0 Å². The van der Waals surface area contributed by atoms with Gasteiger partial charge in [0.15, 0.2) is 11.0 Å². The Balaban J connectivity index is 1.66. The number of nitrogens with two attached hydrogens (primary N) is 1. The minimum absolute atomic E-state index is 0.106. The van der Waals surface area contributed by atoms with Gasteiger partial charge in [-0.05, 0) is 30.7 Å². The van der Waals surface area contributed by atoms with Gasteiger partial charge in [-0.2, -0.15) is 0 Å². The van der Waals surface area contributed by atoms with Gasteiger partial charge in [0.1, 0.15) is 0 Å². The van der Waals surface area contributed by atoms with E-state index in [1.807, 2.05) is 29.8 Å². The van der Waals surface area contributed by atoms with Crippen molar-refractivity contribution in [1.82, 2.24) is 14.8 Å². The fourth-order valence-electron chi connectivity index (χ4n) is 2.21. The number of thioether (sulfide) groups is 1. The van der Waals surface area contributed by atoms with Crippen molar-refractivity contribution in [3.8, 4) is 0 Å². The lowest BCUT2D eigenvalue weighted by atomic mass is 10.1. The van der Waals surface area contributed by atoms with Gasteiger partial charge in [0, 0.05) is 12.8 Å². The first kappa shape index (κ1) is 13.6. The van der Waals surface area contributed by atoms with E-state index in [2.05, 4.69) is 22.3 Å². The first-order valence-electron chi connectivity index (χ1n) is 7.05. The van der Waals surface area contributed by atoms with Crippen LogP contribution in [0.4, 0.5) is 0 Å². The van der Waals surface area contributed by atoms with E-state index in [0.29, 0.717) is 0 Å². The van der Waals surface area contributed by atoms with Crippen LogP contribution in [-0.4, -0.2) is 20.5 Å². The summed E-state index contributed by atoms with van der Waals surface area (Å²) >= 11 is 1.80. The van der Waals surface area contributed by atoms with Crippen molar-refractivity contribution in [1.29, 1.82) is 0 Å². The second kappa shape index (κ2) is 5.97. The van der Waals surface area contributed by atoms with Crippen molar-refractivity contribution in [3.05, 3.63) is 41.7 Å². The number of hydrogen-bond acceptors (Lipinski definition) is 4. The van der Waals surface area contributed by atoms with Gasteiger partial charge in [0.25, 0.3) is 0 Å². The first-order chi connectivity index (χ1) is 9.74. The largest absolute Gasteiger partial charge is 0.321 e. The lowest BCUT2D eigenvalue weighted by Gasteiger charge is -2.11. The maximum Gasteiger partial charge on any atom is 0.191 e. The summed E-state index contributed by atoms with van der Waals surface area (Å²) in [5.41, 5.74) is 7.51. The number of aromatic nitrogens is 3. The standard InChI is InChI=1S/C15H20N4S/c1-19-14(13(16)9-11-5-3-2-4-6-11)17-18-15(19)20-10-12-7-8-12/h2-6,12-13H,7-10,16H2,1H3/t13-/m0/s1. The monoisotopic (exact) mass is 288 g/mol. The van der Waals surface area contributed by atoms with Crippen molar-refractivity contribution in [2.24, 2.45) is 18.7 Å². The molecule has 2 N–H and O–H groups in total. The average Bonchev–Trinajstić information content (AvgIpc) is 3.21.